The molecule has 2 rings (SSSR count). The van der Waals surface area contributed by atoms with E-state index in [9.17, 15) is 13.2 Å². The normalized spacial score (nSPS) is 11.5. The van der Waals surface area contributed by atoms with E-state index in [0.29, 0.717) is 13.2 Å². The molecule has 112 valence electrons. The summed E-state index contributed by atoms with van der Waals surface area (Å²) in [5.41, 5.74) is 7.23. The van der Waals surface area contributed by atoms with Crippen molar-refractivity contribution in [1.29, 1.82) is 0 Å². The molecule has 0 aliphatic carbocycles. The molecule has 0 saturated carbocycles. The van der Waals surface area contributed by atoms with Gasteiger partial charge in [-0.2, -0.15) is 13.2 Å². The van der Waals surface area contributed by atoms with Crippen molar-refractivity contribution >= 4 is 0 Å². The third-order valence-electron chi connectivity index (χ3n) is 3.10. The zero-order valence-corrected chi connectivity index (χ0v) is 11.6. The molecule has 0 atom stereocenters. The standard InChI is InChI=1S/C16H16F3NO/c1-11-10-13(4-7-15(11)21-9-8-20)12-2-5-14(6-3-12)16(17,18)19/h2-7,10H,8-9,20H2,1H3. The molecule has 0 amide bonds. The molecule has 0 aliphatic rings. The van der Waals surface area contributed by atoms with Gasteiger partial charge in [0.05, 0.1) is 5.56 Å². The van der Waals surface area contributed by atoms with Gasteiger partial charge in [-0.3, -0.25) is 0 Å². The zero-order valence-electron chi connectivity index (χ0n) is 11.6. The van der Waals surface area contributed by atoms with E-state index in [-0.39, 0.29) is 0 Å². The third-order valence-corrected chi connectivity index (χ3v) is 3.10. The van der Waals surface area contributed by atoms with Crippen LogP contribution in [0.5, 0.6) is 5.75 Å². The Bertz CT molecular complexity index is 606. The molecule has 0 fully saturated rings. The van der Waals surface area contributed by atoms with Gasteiger partial charge in [-0.1, -0.05) is 18.2 Å². The van der Waals surface area contributed by atoms with Gasteiger partial charge >= 0.3 is 6.18 Å². The van der Waals surface area contributed by atoms with Crippen molar-refractivity contribution < 1.29 is 17.9 Å². The first-order chi connectivity index (χ1) is 9.91. The van der Waals surface area contributed by atoms with Gasteiger partial charge in [-0.05, 0) is 47.9 Å². The SMILES string of the molecule is Cc1cc(-c2ccc(C(F)(F)F)cc2)ccc1OCCN. The highest BCUT2D eigenvalue weighted by Crippen LogP contribution is 2.32. The molecular formula is C16H16F3NO. The molecule has 0 aliphatic heterocycles. The molecule has 0 spiro atoms. The minimum absolute atomic E-state index is 0.431. The van der Waals surface area contributed by atoms with E-state index in [4.69, 9.17) is 10.5 Å². The maximum atomic E-state index is 12.5. The van der Waals surface area contributed by atoms with Crippen LogP contribution in [0.3, 0.4) is 0 Å². The average molecular weight is 295 g/mol. The second-order valence-electron chi connectivity index (χ2n) is 4.69. The third kappa shape index (κ3) is 3.76. The molecular weight excluding hydrogens is 279 g/mol. The van der Waals surface area contributed by atoms with Gasteiger partial charge in [-0.25, -0.2) is 0 Å². The maximum absolute atomic E-state index is 12.5. The average Bonchev–Trinajstić information content (AvgIpc) is 2.45. The van der Waals surface area contributed by atoms with Crippen LogP contribution in [-0.2, 0) is 6.18 Å². The van der Waals surface area contributed by atoms with Crippen LogP contribution in [0.25, 0.3) is 11.1 Å². The van der Waals surface area contributed by atoms with Crippen LogP contribution in [0.15, 0.2) is 42.5 Å². The summed E-state index contributed by atoms with van der Waals surface area (Å²) >= 11 is 0. The lowest BCUT2D eigenvalue weighted by molar-refractivity contribution is -0.137. The molecule has 5 heteroatoms. The van der Waals surface area contributed by atoms with Crippen LogP contribution >= 0.6 is 0 Å². The first kappa shape index (κ1) is 15.4. The fourth-order valence-electron chi connectivity index (χ4n) is 2.01. The van der Waals surface area contributed by atoms with Crippen LogP contribution in [0.4, 0.5) is 13.2 Å². The van der Waals surface area contributed by atoms with Crippen LogP contribution in [0, 0.1) is 6.92 Å². The molecule has 0 heterocycles. The Hall–Kier alpha value is -2.01. The fraction of sp³-hybridized carbons (Fsp3) is 0.250. The Morgan fingerprint density at radius 3 is 2.14 bits per heavy atom. The summed E-state index contributed by atoms with van der Waals surface area (Å²) in [5.74, 6) is 0.733. The van der Waals surface area contributed by atoms with E-state index in [1.165, 1.54) is 12.1 Å². The number of rotatable bonds is 4. The Balaban J connectivity index is 2.24. The summed E-state index contributed by atoms with van der Waals surface area (Å²) in [7, 11) is 0. The van der Waals surface area contributed by atoms with Gasteiger partial charge in [0.1, 0.15) is 12.4 Å². The molecule has 0 bridgehead atoms. The van der Waals surface area contributed by atoms with Crippen molar-refractivity contribution in [2.45, 2.75) is 13.1 Å². The highest BCUT2D eigenvalue weighted by Gasteiger charge is 2.29. The van der Waals surface area contributed by atoms with Gasteiger partial charge in [0.25, 0.3) is 0 Å². The van der Waals surface area contributed by atoms with Gasteiger partial charge in [0, 0.05) is 6.54 Å². The van der Waals surface area contributed by atoms with Crippen LogP contribution in [0.1, 0.15) is 11.1 Å². The predicted molar refractivity (Wildman–Crippen MR) is 76.2 cm³/mol. The smallest absolute Gasteiger partial charge is 0.416 e. The number of halogens is 3. The zero-order chi connectivity index (χ0) is 15.5. The van der Waals surface area contributed by atoms with E-state index in [2.05, 4.69) is 0 Å². The molecule has 2 N–H and O–H groups in total. The molecule has 2 aromatic carbocycles. The molecule has 2 nitrogen and oxygen atoms in total. The Labute approximate surface area is 121 Å². The Kier molecular flexibility index (Phi) is 4.53. The second kappa shape index (κ2) is 6.18. The molecule has 0 saturated heterocycles. The van der Waals surface area contributed by atoms with E-state index < -0.39 is 11.7 Å². The monoisotopic (exact) mass is 295 g/mol. The van der Waals surface area contributed by atoms with Gasteiger partial charge < -0.3 is 10.5 Å². The van der Waals surface area contributed by atoms with Crippen LogP contribution in [-0.4, -0.2) is 13.2 Å². The van der Waals surface area contributed by atoms with Crippen molar-refractivity contribution in [3.63, 3.8) is 0 Å². The first-order valence-corrected chi connectivity index (χ1v) is 6.53. The lowest BCUT2D eigenvalue weighted by Crippen LogP contribution is -2.11. The number of aryl methyl sites for hydroxylation is 1. The molecule has 21 heavy (non-hydrogen) atoms. The van der Waals surface area contributed by atoms with Crippen molar-refractivity contribution in [3.05, 3.63) is 53.6 Å². The minimum atomic E-state index is -4.31. The summed E-state index contributed by atoms with van der Waals surface area (Å²) in [6.07, 6.45) is -4.31. The molecule has 2 aromatic rings. The lowest BCUT2D eigenvalue weighted by atomic mass is 10.0. The van der Waals surface area contributed by atoms with Gasteiger partial charge in [0.2, 0.25) is 0 Å². The molecule has 0 unspecified atom stereocenters. The van der Waals surface area contributed by atoms with E-state index in [0.717, 1.165) is 34.6 Å². The van der Waals surface area contributed by atoms with Crippen molar-refractivity contribution in [3.8, 4) is 16.9 Å². The van der Waals surface area contributed by atoms with Crippen LogP contribution in [0.2, 0.25) is 0 Å². The van der Waals surface area contributed by atoms with Gasteiger partial charge in [-0.15, -0.1) is 0 Å². The van der Waals surface area contributed by atoms with Crippen molar-refractivity contribution in [2.75, 3.05) is 13.2 Å². The molecule has 0 radical (unpaired) electrons. The number of nitrogens with two attached hydrogens (primary N) is 1. The summed E-state index contributed by atoms with van der Waals surface area (Å²) < 4.78 is 43.1. The number of hydrogen-bond donors (Lipinski definition) is 1. The predicted octanol–water partition coefficient (Wildman–Crippen LogP) is 4.02. The number of alkyl halides is 3. The summed E-state index contributed by atoms with van der Waals surface area (Å²) in [5, 5.41) is 0. The summed E-state index contributed by atoms with van der Waals surface area (Å²) in [6, 6.07) is 10.6. The highest BCUT2D eigenvalue weighted by atomic mass is 19.4. The summed E-state index contributed by atoms with van der Waals surface area (Å²) in [4.78, 5) is 0. The Morgan fingerprint density at radius 1 is 1.00 bits per heavy atom. The second-order valence-corrected chi connectivity index (χ2v) is 4.69. The number of benzene rings is 2. The highest BCUT2D eigenvalue weighted by molar-refractivity contribution is 5.66. The fourth-order valence-corrected chi connectivity index (χ4v) is 2.01. The number of ether oxygens (including phenoxy) is 1. The number of hydrogen-bond acceptors (Lipinski definition) is 2. The van der Waals surface area contributed by atoms with Crippen molar-refractivity contribution in [1.82, 2.24) is 0 Å². The largest absolute Gasteiger partial charge is 0.492 e. The maximum Gasteiger partial charge on any atom is 0.416 e. The van der Waals surface area contributed by atoms with Crippen LogP contribution < -0.4 is 10.5 Å². The minimum Gasteiger partial charge on any atom is -0.492 e. The van der Waals surface area contributed by atoms with Crippen molar-refractivity contribution in [2.24, 2.45) is 5.73 Å². The van der Waals surface area contributed by atoms with E-state index in [1.54, 1.807) is 6.07 Å². The Morgan fingerprint density at radius 2 is 1.62 bits per heavy atom. The van der Waals surface area contributed by atoms with E-state index >= 15 is 0 Å². The molecule has 0 aromatic heterocycles. The lowest BCUT2D eigenvalue weighted by Gasteiger charge is -2.11. The van der Waals surface area contributed by atoms with E-state index in [1.807, 2.05) is 19.1 Å². The topological polar surface area (TPSA) is 35.2 Å². The first-order valence-electron chi connectivity index (χ1n) is 6.53. The quantitative estimate of drug-likeness (QED) is 0.924. The van der Waals surface area contributed by atoms with Gasteiger partial charge in [0.15, 0.2) is 0 Å². The summed E-state index contributed by atoms with van der Waals surface area (Å²) in [6.45, 7) is 2.75.